The maximum Gasteiger partial charge on any atom is 0.336 e. The molecule has 1 aromatic heterocycles. The molecule has 2 aromatic rings. The third-order valence-electron chi connectivity index (χ3n) is 3.90. The van der Waals surface area contributed by atoms with Crippen LogP contribution in [0, 0.1) is 6.92 Å². The first kappa shape index (κ1) is 19.5. The Kier molecular flexibility index (Phi) is 6.38. The largest absolute Gasteiger partial charge is 0.480 e. The molecule has 26 heavy (non-hydrogen) atoms. The Morgan fingerprint density at radius 2 is 1.96 bits per heavy atom. The first-order valence-electron chi connectivity index (χ1n) is 8.53. The third kappa shape index (κ3) is 4.62. The van der Waals surface area contributed by atoms with Crippen LogP contribution in [0.3, 0.4) is 0 Å². The molecule has 0 aliphatic carbocycles. The summed E-state index contributed by atoms with van der Waals surface area (Å²) in [5.41, 5.74) is 1.67. The summed E-state index contributed by atoms with van der Waals surface area (Å²) in [5, 5.41) is 3.30. The highest BCUT2D eigenvalue weighted by molar-refractivity contribution is 5.86. The van der Waals surface area contributed by atoms with Crippen LogP contribution in [-0.4, -0.2) is 31.1 Å². The van der Waals surface area contributed by atoms with Gasteiger partial charge in [-0.15, -0.1) is 0 Å². The van der Waals surface area contributed by atoms with E-state index in [2.05, 4.69) is 5.32 Å². The minimum absolute atomic E-state index is 0.215. The smallest absolute Gasteiger partial charge is 0.336 e. The lowest BCUT2D eigenvalue weighted by atomic mass is 10.1. The van der Waals surface area contributed by atoms with Gasteiger partial charge in [-0.05, 0) is 44.4 Å². The monoisotopic (exact) mass is 361 g/mol. The zero-order valence-electron chi connectivity index (χ0n) is 15.4. The van der Waals surface area contributed by atoms with Crippen molar-refractivity contribution in [2.75, 3.05) is 13.2 Å². The molecule has 1 amide bonds. The summed E-state index contributed by atoms with van der Waals surface area (Å²) in [6.45, 7) is 7.11. The van der Waals surface area contributed by atoms with E-state index >= 15 is 0 Å². The van der Waals surface area contributed by atoms with Gasteiger partial charge in [-0.25, -0.2) is 4.79 Å². The lowest BCUT2D eigenvalue weighted by Crippen LogP contribution is -2.39. The summed E-state index contributed by atoms with van der Waals surface area (Å²) in [6.07, 6.45) is -0.148. The molecule has 1 atom stereocenters. The van der Waals surface area contributed by atoms with Gasteiger partial charge in [0, 0.05) is 17.5 Å². The number of ether oxygens (including phenoxy) is 2. The van der Waals surface area contributed by atoms with Gasteiger partial charge in [0.15, 0.2) is 6.10 Å². The van der Waals surface area contributed by atoms with Gasteiger partial charge >= 0.3 is 11.6 Å². The van der Waals surface area contributed by atoms with Crippen molar-refractivity contribution in [1.29, 1.82) is 0 Å². The number of fused-ring (bicyclic) bond motifs is 1. The van der Waals surface area contributed by atoms with E-state index < -0.39 is 23.6 Å². The van der Waals surface area contributed by atoms with E-state index in [1.165, 1.54) is 6.07 Å². The molecule has 0 saturated heterocycles. The molecule has 1 unspecified atom stereocenters. The fourth-order valence-electron chi connectivity index (χ4n) is 2.54. The van der Waals surface area contributed by atoms with Gasteiger partial charge < -0.3 is 19.2 Å². The van der Waals surface area contributed by atoms with Gasteiger partial charge in [0.2, 0.25) is 0 Å². The molecule has 1 aromatic carbocycles. The third-order valence-corrected chi connectivity index (χ3v) is 3.90. The topological polar surface area (TPSA) is 94.8 Å². The molecule has 140 valence electrons. The Morgan fingerprint density at radius 3 is 2.62 bits per heavy atom. The zero-order chi connectivity index (χ0) is 19.3. The number of esters is 1. The molecule has 7 heteroatoms. The van der Waals surface area contributed by atoms with Crippen LogP contribution in [-0.2, 0) is 20.7 Å². The minimum atomic E-state index is -0.830. The molecule has 0 saturated carbocycles. The number of carbonyl (C=O) groups excluding carboxylic acids is 2. The Labute approximate surface area is 151 Å². The normalized spacial score (nSPS) is 11.8. The average Bonchev–Trinajstić information content (AvgIpc) is 2.59. The Balaban J connectivity index is 2.19. The highest BCUT2D eigenvalue weighted by Gasteiger charge is 2.18. The second-order valence-electron chi connectivity index (χ2n) is 5.84. The number of carbonyl (C=O) groups is 2. The maximum atomic E-state index is 12.1. The van der Waals surface area contributed by atoms with E-state index in [1.807, 2.05) is 19.9 Å². The Hall–Kier alpha value is -2.83. The molecule has 1 heterocycles. The molecular weight excluding hydrogens is 338 g/mol. The first-order valence-corrected chi connectivity index (χ1v) is 8.53. The molecule has 0 spiro atoms. The number of amides is 1. The van der Waals surface area contributed by atoms with Crippen molar-refractivity contribution in [1.82, 2.24) is 5.32 Å². The quantitative estimate of drug-likeness (QED) is 0.599. The van der Waals surface area contributed by atoms with E-state index in [-0.39, 0.29) is 13.2 Å². The van der Waals surface area contributed by atoms with E-state index in [0.717, 1.165) is 16.5 Å². The molecule has 2 rings (SSSR count). The molecule has 1 N–H and O–H groups in total. The van der Waals surface area contributed by atoms with E-state index in [9.17, 15) is 14.4 Å². The predicted molar refractivity (Wildman–Crippen MR) is 96.3 cm³/mol. The molecule has 0 aliphatic heterocycles. The summed E-state index contributed by atoms with van der Waals surface area (Å²) in [4.78, 5) is 35.0. The van der Waals surface area contributed by atoms with Crippen LogP contribution >= 0.6 is 0 Å². The average molecular weight is 361 g/mol. The van der Waals surface area contributed by atoms with Crippen LogP contribution in [0.4, 0.5) is 0 Å². The number of nitrogens with one attached hydrogen (secondary N) is 1. The maximum absolute atomic E-state index is 12.1. The van der Waals surface area contributed by atoms with E-state index in [4.69, 9.17) is 13.9 Å². The second kappa shape index (κ2) is 8.51. The molecule has 0 aliphatic rings. The fourth-order valence-corrected chi connectivity index (χ4v) is 2.54. The summed E-state index contributed by atoms with van der Waals surface area (Å²) >= 11 is 0. The summed E-state index contributed by atoms with van der Waals surface area (Å²) in [7, 11) is 0. The van der Waals surface area contributed by atoms with Gasteiger partial charge in [0.05, 0.1) is 6.61 Å². The van der Waals surface area contributed by atoms with Crippen molar-refractivity contribution >= 4 is 22.8 Å². The van der Waals surface area contributed by atoms with Crippen molar-refractivity contribution in [3.8, 4) is 5.75 Å². The molecule has 0 radical (unpaired) electrons. The van der Waals surface area contributed by atoms with Crippen LogP contribution in [0.2, 0.25) is 0 Å². The van der Waals surface area contributed by atoms with Crippen LogP contribution in [0.1, 0.15) is 31.9 Å². The highest BCUT2D eigenvalue weighted by atomic mass is 16.5. The van der Waals surface area contributed by atoms with Crippen LogP contribution in [0.5, 0.6) is 5.75 Å². The van der Waals surface area contributed by atoms with Gasteiger partial charge in [-0.1, -0.05) is 6.92 Å². The number of hydrogen-bond acceptors (Lipinski definition) is 6. The molecular formula is C19H23NO6. The number of benzene rings is 1. The zero-order valence-corrected chi connectivity index (χ0v) is 15.4. The van der Waals surface area contributed by atoms with Gasteiger partial charge in [0.1, 0.15) is 17.9 Å². The standard InChI is InChI=1S/C19H23NO6/c1-5-13-8-14-11(3)7-17(21)26-16(14)9-15(13)25-12(4)19(23)20-10-18(22)24-6-2/h7-9,12H,5-6,10H2,1-4H3,(H,20,23). The molecule has 0 fully saturated rings. The Bertz CT molecular complexity index is 870. The second-order valence-corrected chi connectivity index (χ2v) is 5.84. The van der Waals surface area contributed by atoms with Gasteiger partial charge in [-0.3, -0.25) is 9.59 Å². The number of rotatable bonds is 7. The van der Waals surface area contributed by atoms with Crippen molar-refractivity contribution in [2.24, 2.45) is 0 Å². The molecule has 0 bridgehead atoms. The fraction of sp³-hybridized carbons (Fsp3) is 0.421. The van der Waals surface area contributed by atoms with E-state index in [1.54, 1.807) is 19.9 Å². The van der Waals surface area contributed by atoms with E-state index in [0.29, 0.717) is 17.8 Å². The van der Waals surface area contributed by atoms with Gasteiger partial charge in [0.25, 0.3) is 5.91 Å². The van der Waals surface area contributed by atoms with Crippen LogP contribution < -0.4 is 15.7 Å². The van der Waals surface area contributed by atoms with Crippen molar-refractivity contribution in [2.45, 2.75) is 40.2 Å². The van der Waals surface area contributed by atoms with Gasteiger partial charge in [-0.2, -0.15) is 0 Å². The van der Waals surface area contributed by atoms with Crippen molar-refractivity contribution < 1.29 is 23.5 Å². The lowest BCUT2D eigenvalue weighted by molar-refractivity contribution is -0.144. The minimum Gasteiger partial charge on any atom is -0.480 e. The molecule has 7 nitrogen and oxygen atoms in total. The summed E-state index contributed by atoms with van der Waals surface area (Å²) in [6, 6.07) is 4.96. The first-order chi connectivity index (χ1) is 12.3. The van der Waals surface area contributed by atoms with Crippen molar-refractivity contribution in [3.05, 3.63) is 39.7 Å². The summed E-state index contributed by atoms with van der Waals surface area (Å²) in [5.74, 6) is -0.483. The van der Waals surface area contributed by atoms with Crippen LogP contribution in [0.15, 0.2) is 27.4 Å². The number of hydrogen-bond donors (Lipinski definition) is 1. The van der Waals surface area contributed by atoms with Crippen LogP contribution in [0.25, 0.3) is 11.0 Å². The number of aryl methyl sites for hydroxylation is 2. The SMILES string of the molecule is CCOC(=O)CNC(=O)C(C)Oc1cc2oc(=O)cc(C)c2cc1CC. The lowest BCUT2D eigenvalue weighted by Gasteiger charge is -2.17. The Morgan fingerprint density at radius 1 is 1.23 bits per heavy atom. The summed E-state index contributed by atoms with van der Waals surface area (Å²) < 4.78 is 15.7. The van der Waals surface area contributed by atoms with Crippen molar-refractivity contribution in [3.63, 3.8) is 0 Å². The predicted octanol–water partition coefficient (Wildman–Crippen LogP) is 2.11. The highest BCUT2D eigenvalue weighted by Crippen LogP contribution is 2.28.